The molecule has 1 aromatic heterocycles. The number of aromatic nitrogens is 2. The molecule has 102 valence electrons. The molecular formula is C13H24N4O. The molecule has 5 nitrogen and oxygen atoms in total. The van der Waals surface area contributed by atoms with Crippen LogP contribution >= 0.6 is 0 Å². The third-order valence-electron chi connectivity index (χ3n) is 2.96. The minimum absolute atomic E-state index is 0.0223. The largest absolute Gasteiger partial charge is 0.335 e. The molecule has 0 aliphatic heterocycles. The molecule has 0 fully saturated rings. The number of hydrogen-bond acceptors (Lipinski definition) is 3. The Morgan fingerprint density at radius 2 is 2.22 bits per heavy atom. The second-order valence-electron chi connectivity index (χ2n) is 5.46. The Bertz CT molecular complexity index is 397. The molecule has 0 aliphatic rings. The van der Waals surface area contributed by atoms with Gasteiger partial charge >= 0.3 is 0 Å². The Morgan fingerprint density at radius 3 is 2.67 bits per heavy atom. The average molecular weight is 252 g/mol. The zero-order valence-electron chi connectivity index (χ0n) is 11.8. The number of imidazole rings is 1. The number of nitrogens with two attached hydrogens (primary N) is 1. The predicted molar refractivity (Wildman–Crippen MR) is 72.2 cm³/mol. The van der Waals surface area contributed by atoms with Crippen molar-refractivity contribution in [2.75, 3.05) is 19.6 Å². The van der Waals surface area contributed by atoms with E-state index in [9.17, 15) is 4.79 Å². The molecule has 5 heteroatoms. The van der Waals surface area contributed by atoms with E-state index >= 15 is 0 Å². The number of rotatable bonds is 6. The highest BCUT2D eigenvalue weighted by molar-refractivity contribution is 5.90. The lowest BCUT2D eigenvalue weighted by Crippen LogP contribution is -2.43. The zero-order chi connectivity index (χ0) is 13.8. The Balaban J connectivity index is 2.85. The number of carbonyl (C=O) groups is 1. The normalized spacial score (nSPS) is 11.6. The van der Waals surface area contributed by atoms with Crippen molar-refractivity contribution in [1.29, 1.82) is 0 Å². The molecule has 0 bridgehead atoms. The summed E-state index contributed by atoms with van der Waals surface area (Å²) in [6.07, 6.45) is 4.35. The molecule has 0 saturated carbocycles. The lowest BCUT2D eigenvalue weighted by molar-refractivity contribution is 0.0673. The van der Waals surface area contributed by atoms with Crippen LogP contribution in [0.3, 0.4) is 0 Å². The maximum Gasteiger partial charge on any atom is 0.289 e. The summed E-state index contributed by atoms with van der Waals surface area (Å²) in [6, 6.07) is 0. The highest BCUT2D eigenvalue weighted by Gasteiger charge is 2.25. The van der Waals surface area contributed by atoms with Gasteiger partial charge in [-0.05, 0) is 18.4 Å². The fourth-order valence-electron chi connectivity index (χ4n) is 1.82. The summed E-state index contributed by atoms with van der Waals surface area (Å²) in [6.45, 7) is 8.15. The number of carbonyl (C=O) groups excluding carboxylic acids is 1. The Hall–Kier alpha value is -1.36. The van der Waals surface area contributed by atoms with Gasteiger partial charge in [-0.15, -0.1) is 0 Å². The van der Waals surface area contributed by atoms with Gasteiger partial charge in [0, 0.05) is 32.5 Å². The van der Waals surface area contributed by atoms with Crippen molar-refractivity contribution in [3.05, 3.63) is 18.2 Å². The zero-order valence-corrected chi connectivity index (χ0v) is 11.8. The second kappa shape index (κ2) is 6.00. The molecule has 0 spiro atoms. The molecule has 18 heavy (non-hydrogen) atoms. The van der Waals surface area contributed by atoms with Crippen molar-refractivity contribution in [2.45, 2.75) is 27.2 Å². The molecule has 0 radical (unpaired) electrons. The lowest BCUT2D eigenvalue weighted by Gasteiger charge is -2.31. The average Bonchev–Trinajstić information content (AvgIpc) is 2.74. The van der Waals surface area contributed by atoms with Crippen LogP contribution in [0.15, 0.2) is 12.4 Å². The minimum Gasteiger partial charge on any atom is -0.335 e. The van der Waals surface area contributed by atoms with Gasteiger partial charge in [0.05, 0.1) is 0 Å². The van der Waals surface area contributed by atoms with Gasteiger partial charge in [0.1, 0.15) is 0 Å². The van der Waals surface area contributed by atoms with E-state index in [0.29, 0.717) is 18.9 Å². The first-order chi connectivity index (χ1) is 8.41. The van der Waals surface area contributed by atoms with E-state index in [4.69, 9.17) is 5.73 Å². The van der Waals surface area contributed by atoms with E-state index in [1.54, 1.807) is 17.0 Å². The fourth-order valence-corrected chi connectivity index (χ4v) is 1.82. The molecular weight excluding hydrogens is 228 g/mol. The number of hydrogen-bond donors (Lipinski definition) is 1. The van der Waals surface area contributed by atoms with Crippen molar-refractivity contribution in [1.82, 2.24) is 14.5 Å². The molecule has 0 aromatic carbocycles. The highest BCUT2D eigenvalue weighted by Crippen LogP contribution is 2.16. The molecule has 2 N–H and O–H groups in total. The number of aryl methyl sites for hydroxylation is 1. The first-order valence-electron chi connectivity index (χ1n) is 6.38. The Kier molecular flexibility index (Phi) is 4.90. The molecule has 1 amide bonds. The minimum atomic E-state index is -0.0734. The molecule has 1 rings (SSSR count). The topological polar surface area (TPSA) is 64.2 Å². The number of nitrogens with zero attached hydrogens (tertiary/aromatic N) is 3. The molecule has 0 unspecified atom stereocenters. The highest BCUT2D eigenvalue weighted by atomic mass is 16.2. The molecule has 0 saturated heterocycles. The van der Waals surface area contributed by atoms with Crippen LogP contribution < -0.4 is 5.73 Å². The Labute approximate surface area is 109 Å². The van der Waals surface area contributed by atoms with E-state index in [1.807, 2.05) is 11.9 Å². The lowest BCUT2D eigenvalue weighted by atomic mass is 9.93. The maximum atomic E-state index is 12.4. The summed E-state index contributed by atoms with van der Waals surface area (Å²) < 4.78 is 1.75. The second-order valence-corrected chi connectivity index (χ2v) is 5.46. The van der Waals surface area contributed by atoms with E-state index in [-0.39, 0.29) is 11.3 Å². The summed E-state index contributed by atoms with van der Waals surface area (Å²) in [4.78, 5) is 18.4. The summed E-state index contributed by atoms with van der Waals surface area (Å²) >= 11 is 0. The standard InChI is InChI=1S/C13H24N4O/c1-5-7-17(10-13(2,3)9-14)12(18)11-15-6-8-16(11)4/h6,8H,5,7,9-10,14H2,1-4H3. The van der Waals surface area contributed by atoms with E-state index < -0.39 is 0 Å². The predicted octanol–water partition coefficient (Wildman–Crippen LogP) is 1.26. The van der Waals surface area contributed by atoms with Crippen molar-refractivity contribution in [3.8, 4) is 0 Å². The van der Waals surface area contributed by atoms with Crippen LogP contribution in [0, 0.1) is 5.41 Å². The van der Waals surface area contributed by atoms with Gasteiger partial charge < -0.3 is 15.2 Å². The van der Waals surface area contributed by atoms with Gasteiger partial charge in [-0.1, -0.05) is 20.8 Å². The van der Waals surface area contributed by atoms with Crippen LogP contribution in [-0.2, 0) is 7.05 Å². The monoisotopic (exact) mass is 252 g/mol. The molecule has 1 aromatic rings. The van der Waals surface area contributed by atoms with E-state index in [1.165, 1.54) is 0 Å². The van der Waals surface area contributed by atoms with Gasteiger partial charge in [0.15, 0.2) is 5.82 Å². The molecule has 0 aliphatic carbocycles. The first-order valence-corrected chi connectivity index (χ1v) is 6.38. The first kappa shape index (κ1) is 14.7. The van der Waals surface area contributed by atoms with Crippen molar-refractivity contribution >= 4 is 5.91 Å². The fraction of sp³-hybridized carbons (Fsp3) is 0.692. The van der Waals surface area contributed by atoms with Gasteiger partial charge in [-0.3, -0.25) is 4.79 Å². The SMILES string of the molecule is CCCN(CC(C)(C)CN)C(=O)c1nccn1C. The van der Waals surface area contributed by atoms with Crippen LogP contribution in [0.25, 0.3) is 0 Å². The van der Waals surface area contributed by atoms with Crippen molar-refractivity contribution < 1.29 is 4.79 Å². The summed E-state index contributed by atoms with van der Waals surface area (Å²) in [5.41, 5.74) is 5.67. The van der Waals surface area contributed by atoms with Gasteiger partial charge in [-0.25, -0.2) is 4.98 Å². The van der Waals surface area contributed by atoms with Gasteiger partial charge in [-0.2, -0.15) is 0 Å². The van der Waals surface area contributed by atoms with Crippen LogP contribution in [-0.4, -0.2) is 40.0 Å². The van der Waals surface area contributed by atoms with Crippen LogP contribution in [0.1, 0.15) is 37.8 Å². The van der Waals surface area contributed by atoms with Gasteiger partial charge in [0.2, 0.25) is 0 Å². The van der Waals surface area contributed by atoms with Crippen LogP contribution in [0.5, 0.6) is 0 Å². The quantitative estimate of drug-likeness (QED) is 0.829. The summed E-state index contributed by atoms with van der Waals surface area (Å²) in [5, 5.41) is 0. The third kappa shape index (κ3) is 3.57. The van der Waals surface area contributed by atoms with Crippen LogP contribution in [0.2, 0.25) is 0 Å². The van der Waals surface area contributed by atoms with Gasteiger partial charge in [0.25, 0.3) is 5.91 Å². The summed E-state index contributed by atoms with van der Waals surface area (Å²) in [7, 11) is 1.83. The van der Waals surface area contributed by atoms with Crippen molar-refractivity contribution in [2.24, 2.45) is 18.2 Å². The van der Waals surface area contributed by atoms with E-state index in [0.717, 1.165) is 13.0 Å². The smallest absolute Gasteiger partial charge is 0.289 e. The number of amides is 1. The van der Waals surface area contributed by atoms with Crippen molar-refractivity contribution in [3.63, 3.8) is 0 Å². The van der Waals surface area contributed by atoms with E-state index in [2.05, 4.69) is 25.8 Å². The molecule has 1 heterocycles. The third-order valence-corrected chi connectivity index (χ3v) is 2.96. The maximum absolute atomic E-state index is 12.4. The summed E-state index contributed by atoms with van der Waals surface area (Å²) in [5.74, 6) is 0.460. The molecule has 0 atom stereocenters. The van der Waals surface area contributed by atoms with Crippen LogP contribution in [0.4, 0.5) is 0 Å². The Morgan fingerprint density at radius 1 is 1.56 bits per heavy atom.